The molecule has 3 fully saturated rings. The summed E-state index contributed by atoms with van der Waals surface area (Å²) in [6, 6.07) is 0.739. The average Bonchev–Trinajstić information content (AvgIpc) is 3.31. The van der Waals surface area contributed by atoms with Gasteiger partial charge in [0, 0.05) is 69.3 Å². The lowest BCUT2D eigenvalue weighted by Gasteiger charge is -2.41. The second kappa shape index (κ2) is 9.37. The minimum Gasteiger partial charge on any atom is -0.365 e. The molecule has 3 atom stereocenters. The number of hydrazine groups is 1. The van der Waals surface area contributed by atoms with E-state index in [1.54, 1.807) is 13.3 Å². The van der Waals surface area contributed by atoms with Crippen molar-refractivity contribution in [2.24, 2.45) is 16.3 Å². The van der Waals surface area contributed by atoms with Crippen molar-refractivity contribution in [1.29, 1.82) is 5.41 Å². The van der Waals surface area contributed by atoms with Crippen LogP contribution in [0.3, 0.4) is 0 Å². The molecule has 6 rings (SSSR count). The quantitative estimate of drug-likeness (QED) is 0.427. The molecule has 4 N–H and O–H groups in total. The van der Waals surface area contributed by atoms with Crippen molar-refractivity contribution in [2.75, 3.05) is 33.3 Å². The molecule has 0 aromatic carbocycles. The minimum absolute atomic E-state index is 0.0454. The van der Waals surface area contributed by atoms with Gasteiger partial charge in [-0.15, -0.1) is 0 Å². The molecular formula is C26H38N8O. The summed E-state index contributed by atoms with van der Waals surface area (Å²) in [5.41, 5.74) is 13.6. The van der Waals surface area contributed by atoms with Gasteiger partial charge in [0.1, 0.15) is 12.1 Å². The molecule has 35 heavy (non-hydrogen) atoms. The van der Waals surface area contributed by atoms with Gasteiger partial charge in [0.25, 0.3) is 0 Å². The number of rotatable bonds is 6. The van der Waals surface area contributed by atoms with Gasteiger partial charge in [-0.25, -0.2) is 14.7 Å². The zero-order chi connectivity index (χ0) is 24.0. The minimum atomic E-state index is -0.0454. The average molecular weight is 479 g/mol. The topological polar surface area (TPSA) is 108 Å². The number of methoxy groups -OCH3 is 1. The third kappa shape index (κ3) is 4.34. The summed E-state index contributed by atoms with van der Waals surface area (Å²) in [7, 11) is 1.79. The number of aromatic nitrogens is 2. The number of imidazole rings is 1. The zero-order valence-electron chi connectivity index (χ0n) is 20.7. The predicted octanol–water partition coefficient (Wildman–Crippen LogP) is 2.02. The summed E-state index contributed by atoms with van der Waals surface area (Å²) in [4.78, 5) is 7.17. The normalized spacial score (nSPS) is 32.1. The van der Waals surface area contributed by atoms with Crippen molar-refractivity contribution in [3.8, 4) is 0 Å². The van der Waals surface area contributed by atoms with Gasteiger partial charge in [-0.05, 0) is 49.7 Å². The lowest BCUT2D eigenvalue weighted by Crippen LogP contribution is -2.52. The van der Waals surface area contributed by atoms with Gasteiger partial charge < -0.3 is 15.9 Å². The fourth-order valence-electron chi connectivity index (χ4n) is 6.38. The van der Waals surface area contributed by atoms with Gasteiger partial charge in [0.15, 0.2) is 0 Å². The number of fused-ring (bicyclic) bond motifs is 1. The molecule has 1 aromatic rings. The van der Waals surface area contributed by atoms with E-state index >= 15 is 0 Å². The van der Waals surface area contributed by atoms with Crippen LogP contribution in [0.1, 0.15) is 56.0 Å². The summed E-state index contributed by atoms with van der Waals surface area (Å²) in [5, 5.41) is 15.1. The Balaban J connectivity index is 1.08. The molecule has 3 unspecified atom stereocenters. The van der Waals surface area contributed by atoms with Gasteiger partial charge >= 0.3 is 0 Å². The molecule has 0 amide bonds. The Kier molecular flexibility index (Phi) is 6.22. The third-order valence-corrected chi connectivity index (χ3v) is 8.67. The number of hydrogen-bond acceptors (Lipinski definition) is 8. The summed E-state index contributed by atoms with van der Waals surface area (Å²) < 4.78 is 7.87. The van der Waals surface area contributed by atoms with Gasteiger partial charge in [0.05, 0.1) is 18.1 Å². The standard InChI is InChI=1S/C26H38N8O/c1-35-25(26(17-27)7-8-26)32-9-5-22(6-10-32)33-16-20(14-30-33)19-12-24-29-15-23(34(24)31-13-19)18-3-2-4-21(28)11-18/h2-3,13,15,17-18,21-22,25,27,30H,4-12,14,16,28H2,1H3/b20-19-,27-17?. The van der Waals surface area contributed by atoms with Crippen LogP contribution < -0.4 is 11.2 Å². The summed E-state index contributed by atoms with van der Waals surface area (Å²) in [6.45, 7) is 3.86. The Bertz CT molecular complexity index is 1050. The second-order valence-corrected chi connectivity index (χ2v) is 10.9. The van der Waals surface area contributed by atoms with Crippen LogP contribution in [0.25, 0.3) is 0 Å². The molecule has 0 spiro atoms. The lowest BCUT2D eigenvalue weighted by atomic mass is 9.90. The SMILES string of the molecule is COC(N1CCC(N2C/C(=C3\C=Nn4c(C5C=CCC(N)C5)cnc4C3)CN2)CC1)C1(C=N)CC1. The Labute approximate surface area is 207 Å². The lowest BCUT2D eigenvalue weighted by molar-refractivity contribution is -0.0785. The van der Waals surface area contributed by atoms with Crippen LogP contribution in [-0.4, -0.2) is 83.6 Å². The van der Waals surface area contributed by atoms with Crippen LogP contribution >= 0.6 is 0 Å². The molecule has 1 saturated carbocycles. The molecule has 4 heterocycles. The van der Waals surface area contributed by atoms with Crippen LogP contribution in [-0.2, 0) is 11.2 Å². The van der Waals surface area contributed by atoms with Gasteiger partial charge in [-0.2, -0.15) is 5.10 Å². The van der Waals surface area contributed by atoms with Crippen LogP contribution in [0.15, 0.2) is 34.6 Å². The number of nitrogens with two attached hydrogens (primary N) is 1. The van der Waals surface area contributed by atoms with E-state index in [9.17, 15) is 0 Å². The highest BCUT2D eigenvalue weighted by atomic mass is 16.5. The number of nitrogens with one attached hydrogen (secondary N) is 2. The Morgan fingerprint density at radius 3 is 2.86 bits per heavy atom. The van der Waals surface area contributed by atoms with E-state index in [0.717, 1.165) is 82.6 Å². The first-order chi connectivity index (χ1) is 17.1. The molecule has 188 valence electrons. The molecule has 0 bridgehead atoms. The molecule has 9 heteroatoms. The first-order valence-corrected chi connectivity index (χ1v) is 13.1. The van der Waals surface area contributed by atoms with E-state index in [1.807, 2.05) is 17.1 Å². The molecule has 2 saturated heterocycles. The smallest absolute Gasteiger partial charge is 0.134 e. The van der Waals surface area contributed by atoms with E-state index in [2.05, 4.69) is 27.5 Å². The fourth-order valence-corrected chi connectivity index (χ4v) is 6.38. The molecule has 5 aliphatic rings. The van der Waals surface area contributed by atoms with E-state index in [1.165, 1.54) is 11.1 Å². The molecule has 0 radical (unpaired) electrons. The van der Waals surface area contributed by atoms with Gasteiger partial charge in [0.2, 0.25) is 0 Å². The monoisotopic (exact) mass is 478 g/mol. The van der Waals surface area contributed by atoms with Crippen molar-refractivity contribution in [1.82, 2.24) is 25.0 Å². The number of allylic oxidation sites excluding steroid dienone is 2. The number of hydrogen-bond donors (Lipinski definition) is 3. The molecule has 3 aliphatic heterocycles. The Hall–Kier alpha value is -2.17. The van der Waals surface area contributed by atoms with Crippen molar-refractivity contribution >= 4 is 12.4 Å². The maximum Gasteiger partial charge on any atom is 0.134 e. The van der Waals surface area contributed by atoms with E-state index in [0.29, 0.717) is 12.0 Å². The summed E-state index contributed by atoms with van der Waals surface area (Å²) in [5.74, 6) is 1.32. The van der Waals surface area contributed by atoms with Crippen LogP contribution in [0, 0.1) is 10.8 Å². The highest BCUT2D eigenvalue weighted by Gasteiger charge is 2.51. The zero-order valence-corrected chi connectivity index (χ0v) is 20.7. The maximum atomic E-state index is 7.84. The first kappa shape index (κ1) is 23.2. The predicted molar refractivity (Wildman–Crippen MR) is 136 cm³/mol. The van der Waals surface area contributed by atoms with Crippen LogP contribution in [0.5, 0.6) is 0 Å². The molecular weight excluding hydrogens is 440 g/mol. The number of piperidine rings is 1. The van der Waals surface area contributed by atoms with E-state index in [-0.39, 0.29) is 17.7 Å². The first-order valence-electron chi connectivity index (χ1n) is 13.1. The van der Waals surface area contributed by atoms with Gasteiger partial charge in [-0.3, -0.25) is 10.3 Å². The molecule has 2 aliphatic carbocycles. The fraction of sp³-hybridized carbons (Fsp3) is 0.654. The molecule has 9 nitrogen and oxygen atoms in total. The van der Waals surface area contributed by atoms with E-state index < -0.39 is 0 Å². The summed E-state index contributed by atoms with van der Waals surface area (Å²) in [6.07, 6.45) is 17.3. The highest BCUT2D eigenvalue weighted by Crippen LogP contribution is 2.49. The molecule has 1 aromatic heterocycles. The third-order valence-electron chi connectivity index (χ3n) is 8.67. The van der Waals surface area contributed by atoms with Crippen molar-refractivity contribution in [2.45, 2.75) is 69.2 Å². The van der Waals surface area contributed by atoms with Crippen LogP contribution in [0.4, 0.5) is 0 Å². The van der Waals surface area contributed by atoms with Crippen LogP contribution in [0.2, 0.25) is 0 Å². The largest absolute Gasteiger partial charge is 0.365 e. The maximum absolute atomic E-state index is 7.84. The Morgan fingerprint density at radius 1 is 1.31 bits per heavy atom. The van der Waals surface area contributed by atoms with Crippen molar-refractivity contribution in [3.05, 3.63) is 41.0 Å². The van der Waals surface area contributed by atoms with Gasteiger partial charge in [-0.1, -0.05) is 12.2 Å². The number of likely N-dealkylation sites (tertiary alicyclic amines) is 1. The highest BCUT2D eigenvalue weighted by molar-refractivity contribution is 5.81. The second-order valence-electron chi connectivity index (χ2n) is 10.9. The Morgan fingerprint density at radius 2 is 2.14 bits per heavy atom. The van der Waals surface area contributed by atoms with E-state index in [4.69, 9.17) is 26.0 Å². The summed E-state index contributed by atoms with van der Waals surface area (Å²) >= 11 is 0. The number of nitrogens with zero attached hydrogens (tertiary/aromatic N) is 5. The number of ether oxygens (including phenoxy) is 1. The van der Waals surface area contributed by atoms with Crippen molar-refractivity contribution in [3.63, 3.8) is 0 Å². The van der Waals surface area contributed by atoms with Crippen molar-refractivity contribution < 1.29 is 4.74 Å².